The monoisotopic (exact) mass is 260 g/mol. The smallest absolute Gasteiger partial charge is 0.328 e. The second-order valence-electron chi connectivity index (χ2n) is 4.84. The molecule has 0 aromatic heterocycles. The highest BCUT2D eigenvalue weighted by atomic mass is 32.2. The molecule has 17 heavy (non-hydrogen) atoms. The molecule has 1 aliphatic carbocycles. The highest BCUT2D eigenvalue weighted by Crippen LogP contribution is 2.28. The van der Waals surface area contributed by atoms with Gasteiger partial charge >= 0.3 is 12.0 Å². The van der Waals surface area contributed by atoms with Crippen LogP contribution in [-0.4, -0.2) is 40.2 Å². The molecule has 0 aromatic rings. The van der Waals surface area contributed by atoms with Crippen molar-refractivity contribution in [3.05, 3.63) is 0 Å². The van der Waals surface area contributed by atoms with Crippen molar-refractivity contribution in [3.63, 3.8) is 0 Å². The second-order valence-corrected chi connectivity index (χ2v) is 5.92. The molecule has 0 saturated heterocycles. The Labute approximate surface area is 106 Å². The molecule has 0 bridgehead atoms. The van der Waals surface area contributed by atoms with Crippen LogP contribution in [0, 0.1) is 0 Å². The van der Waals surface area contributed by atoms with Gasteiger partial charge in [-0.05, 0) is 32.9 Å². The van der Waals surface area contributed by atoms with E-state index in [0.717, 1.165) is 19.3 Å². The minimum absolute atomic E-state index is 0.148. The van der Waals surface area contributed by atoms with Crippen molar-refractivity contribution < 1.29 is 14.7 Å². The first-order valence-corrected chi connectivity index (χ1v) is 7.00. The van der Waals surface area contributed by atoms with Crippen LogP contribution in [0.25, 0.3) is 0 Å². The van der Waals surface area contributed by atoms with Crippen LogP contribution in [-0.2, 0) is 4.79 Å². The third-order valence-corrected chi connectivity index (χ3v) is 4.20. The van der Waals surface area contributed by atoms with E-state index in [9.17, 15) is 9.59 Å². The van der Waals surface area contributed by atoms with Crippen LogP contribution < -0.4 is 10.6 Å². The molecule has 3 N–H and O–H groups in total. The van der Waals surface area contributed by atoms with Gasteiger partial charge in [0.15, 0.2) is 0 Å². The van der Waals surface area contributed by atoms with Gasteiger partial charge in [0, 0.05) is 11.3 Å². The fraction of sp³-hybridized carbons (Fsp3) is 0.818. The average molecular weight is 260 g/mol. The molecule has 0 spiro atoms. The summed E-state index contributed by atoms with van der Waals surface area (Å²) in [7, 11) is 0. The van der Waals surface area contributed by atoms with Crippen LogP contribution in [0.2, 0.25) is 0 Å². The SMILES string of the molecule is CSC1CCCC1NC(=O)NC(C)(C)C(=O)O. The van der Waals surface area contributed by atoms with Gasteiger partial charge in [0.25, 0.3) is 0 Å². The van der Waals surface area contributed by atoms with Gasteiger partial charge in [-0.1, -0.05) is 6.42 Å². The number of rotatable bonds is 4. The molecule has 2 atom stereocenters. The van der Waals surface area contributed by atoms with Crippen molar-refractivity contribution in [1.82, 2.24) is 10.6 Å². The zero-order chi connectivity index (χ0) is 13.1. The van der Waals surface area contributed by atoms with Crippen LogP contribution in [0.3, 0.4) is 0 Å². The number of nitrogens with one attached hydrogen (secondary N) is 2. The molecular weight excluding hydrogens is 240 g/mol. The van der Waals surface area contributed by atoms with E-state index >= 15 is 0 Å². The highest BCUT2D eigenvalue weighted by molar-refractivity contribution is 7.99. The zero-order valence-corrected chi connectivity index (χ0v) is 11.3. The topological polar surface area (TPSA) is 78.4 Å². The number of thioether (sulfide) groups is 1. The Morgan fingerprint density at radius 2 is 2.00 bits per heavy atom. The van der Waals surface area contributed by atoms with E-state index in [4.69, 9.17) is 5.11 Å². The molecule has 98 valence electrons. The van der Waals surface area contributed by atoms with Crippen molar-refractivity contribution in [2.24, 2.45) is 0 Å². The highest BCUT2D eigenvalue weighted by Gasteiger charge is 2.32. The zero-order valence-electron chi connectivity index (χ0n) is 10.4. The summed E-state index contributed by atoms with van der Waals surface area (Å²) in [6, 6.07) is -0.252. The summed E-state index contributed by atoms with van der Waals surface area (Å²) in [5, 5.41) is 14.7. The Kier molecular flexibility index (Phi) is 4.68. The van der Waals surface area contributed by atoms with Crippen molar-refractivity contribution in [2.45, 2.75) is 49.9 Å². The molecule has 1 aliphatic rings. The lowest BCUT2D eigenvalue weighted by Crippen LogP contribution is -2.55. The van der Waals surface area contributed by atoms with Crippen LogP contribution >= 0.6 is 11.8 Å². The normalized spacial score (nSPS) is 24.4. The van der Waals surface area contributed by atoms with Crippen molar-refractivity contribution >= 4 is 23.8 Å². The number of amides is 2. The lowest BCUT2D eigenvalue weighted by atomic mass is 10.1. The first-order valence-electron chi connectivity index (χ1n) is 5.71. The number of carboxylic acids is 1. The average Bonchev–Trinajstić information content (AvgIpc) is 2.63. The van der Waals surface area contributed by atoms with Gasteiger partial charge in [-0.15, -0.1) is 0 Å². The maximum atomic E-state index is 11.7. The quantitative estimate of drug-likeness (QED) is 0.714. The Balaban J connectivity index is 2.47. The number of hydrogen-bond acceptors (Lipinski definition) is 3. The summed E-state index contributed by atoms with van der Waals surface area (Å²) in [5.74, 6) is -1.04. The summed E-state index contributed by atoms with van der Waals surface area (Å²) in [6.45, 7) is 2.94. The maximum Gasteiger partial charge on any atom is 0.328 e. The molecule has 2 unspecified atom stereocenters. The van der Waals surface area contributed by atoms with E-state index < -0.39 is 17.5 Å². The summed E-state index contributed by atoms with van der Waals surface area (Å²) >= 11 is 1.75. The molecule has 1 rings (SSSR count). The maximum absolute atomic E-state index is 11.7. The van der Waals surface area contributed by atoms with Gasteiger partial charge in [0.2, 0.25) is 0 Å². The van der Waals surface area contributed by atoms with Crippen molar-refractivity contribution in [2.75, 3.05) is 6.26 Å². The standard InChI is InChI=1S/C11H20N2O3S/c1-11(2,9(14)15)13-10(16)12-7-5-4-6-8(7)17-3/h7-8H,4-6H2,1-3H3,(H,14,15)(H2,12,13,16). The fourth-order valence-corrected chi connectivity index (χ4v) is 2.85. The Bertz CT molecular complexity index is 307. The lowest BCUT2D eigenvalue weighted by molar-refractivity contribution is -0.142. The second kappa shape index (κ2) is 5.62. The Morgan fingerprint density at radius 3 is 2.53 bits per heavy atom. The summed E-state index contributed by atoms with van der Waals surface area (Å²) in [6.07, 6.45) is 5.21. The van der Waals surface area contributed by atoms with Gasteiger partial charge in [-0.25, -0.2) is 9.59 Å². The van der Waals surface area contributed by atoms with Crippen LogP contribution in [0.4, 0.5) is 4.79 Å². The molecule has 1 fully saturated rings. The fourth-order valence-electron chi connectivity index (χ4n) is 1.92. The van der Waals surface area contributed by atoms with E-state index in [2.05, 4.69) is 10.6 Å². The van der Waals surface area contributed by atoms with Crippen LogP contribution in [0.15, 0.2) is 0 Å². The Hall–Kier alpha value is -0.910. The molecule has 1 saturated carbocycles. The van der Waals surface area contributed by atoms with E-state index in [1.54, 1.807) is 11.8 Å². The minimum atomic E-state index is -1.24. The third-order valence-electron chi connectivity index (χ3n) is 3.03. The van der Waals surface area contributed by atoms with Gasteiger partial charge in [-0.3, -0.25) is 0 Å². The Morgan fingerprint density at radius 1 is 1.35 bits per heavy atom. The summed E-state index contributed by atoms with van der Waals surface area (Å²) < 4.78 is 0. The number of urea groups is 1. The predicted octanol–water partition coefficient (Wildman–Crippen LogP) is 1.43. The summed E-state index contributed by atoms with van der Waals surface area (Å²) in [5.41, 5.74) is -1.24. The van der Waals surface area contributed by atoms with Gasteiger partial charge in [0.1, 0.15) is 5.54 Å². The summed E-state index contributed by atoms with van der Waals surface area (Å²) in [4.78, 5) is 22.6. The molecule has 2 amide bonds. The van der Waals surface area contributed by atoms with E-state index in [0.29, 0.717) is 5.25 Å². The number of hydrogen-bond donors (Lipinski definition) is 3. The number of aliphatic carboxylic acids is 1. The van der Waals surface area contributed by atoms with Gasteiger partial charge in [-0.2, -0.15) is 11.8 Å². The van der Waals surface area contributed by atoms with E-state index in [-0.39, 0.29) is 6.04 Å². The van der Waals surface area contributed by atoms with Crippen molar-refractivity contribution in [3.8, 4) is 0 Å². The largest absolute Gasteiger partial charge is 0.480 e. The van der Waals surface area contributed by atoms with Crippen LogP contribution in [0.1, 0.15) is 33.1 Å². The molecule has 5 nitrogen and oxygen atoms in total. The lowest BCUT2D eigenvalue weighted by Gasteiger charge is -2.24. The minimum Gasteiger partial charge on any atom is -0.480 e. The number of carbonyl (C=O) groups is 2. The first kappa shape index (κ1) is 14.2. The first-order chi connectivity index (χ1) is 7.86. The number of carbonyl (C=O) groups excluding carboxylic acids is 1. The third kappa shape index (κ3) is 3.80. The molecule has 6 heteroatoms. The van der Waals surface area contributed by atoms with Gasteiger partial charge in [0.05, 0.1) is 0 Å². The van der Waals surface area contributed by atoms with Crippen molar-refractivity contribution in [1.29, 1.82) is 0 Å². The molecule has 0 radical (unpaired) electrons. The van der Waals surface area contributed by atoms with E-state index in [1.807, 2.05) is 6.26 Å². The number of carboxylic acid groups (broad SMARTS) is 1. The molecule has 0 aromatic carbocycles. The predicted molar refractivity (Wildman–Crippen MR) is 68.3 cm³/mol. The van der Waals surface area contributed by atoms with Gasteiger partial charge < -0.3 is 15.7 Å². The van der Waals surface area contributed by atoms with Crippen LogP contribution in [0.5, 0.6) is 0 Å². The molecule has 0 heterocycles. The van der Waals surface area contributed by atoms with E-state index in [1.165, 1.54) is 13.8 Å². The molecular formula is C11H20N2O3S. The molecule has 0 aliphatic heterocycles.